The summed E-state index contributed by atoms with van der Waals surface area (Å²) in [5.74, 6) is 0.146. The largest absolute Gasteiger partial charge is 0.377 e. The van der Waals surface area contributed by atoms with Crippen LogP contribution in [0.25, 0.3) is 0 Å². The third-order valence-electron chi connectivity index (χ3n) is 4.66. The fourth-order valence-corrected chi connectivity index (χ4v) is 4.27. The van der Waals surface area contributed by atoms with Crippen molar-refractivity contribution in [1.29, 1.82) is 0 Å². The van der Waals surface area contributed by atoms with E-state index in [1.54, 1.807) is 11.6 Å². The molecule has 1 aliphatic rings. The van der Waals surface area contributed by atoms with E-state index in [9.17, 15) is 13.2 Å². The van der Waals surface area contributed by atoms with Crippen LogP contribution < -0.4 is 5.32 Å². The standard InChI is InChI=1S/C19H32ClN5O6S/c1-16(2)19(26)21-3-7-29-9-11-31-12-10-30-8-4-25-18(20)17(22-23-25)15-24-5-13-32(27,28)14-6-24/h1,3-15H2,2H3,(H,21,26). The lowest BCUT2D eigenvalue weighted by molar-refractivity contribution is -0.117. The monoisotopic (exact) mass is 493 g/mol. The van der Waals surface area contributed by atoms with Crippen molar-refractivity contribution in [3.05, 3.63) is 23.0 Å². The summed E-state index contributed by atoms with van der Waals surface area (Å²) in [6.45, 7) is 10.1. The molecule has 0 radical (unpaired) electrons. The molecule has 2 rings (SSSR count). The fraction of sp³-hybridized carbons (Fsp3) is 0.737. The van der Waals surface area contributed by atoms with Gasteiger partial charge in [0.15, 0.2) is 15.0 Å². The minimum Gasteiger partial charge on any atom is -0.377 e. The number of hydrogen-bond donors (Lipinski definition) is 1. The van der Waals surface area contributed by atoms with Crippen LogP contribution in [0, 0.1) is 0 Å². The third kappa shape index (κ3) is 9.92. The summed E-state index contributed by atoms with van der Waals surface area (Å²) in [7, 11) is -2.91. The van der Waals surface area contributed by atoms with Gasteiger partial charge >= 0.3 is 0 Å². The van der Waals surface area contributed by atoms with Crippen molar-refractivity contribution in [3.8, 4) is 0 Å². The summed E-state index contributed by atoms with van der Waals surface area (Å²) in [5.41, 5.74) is 1.10. The van der Waals surface area contributed by atoms with Gasteiger partial charge in [0.1, 0.15) is 5.69 Å². The lowest BCUT2D eigenvalue weighted by Crippen LogP contribution is -2.39. The summed E-state index contributed by atoms with van der Waals surface area (Å²) < 4.78 is 40.9. The molecule has 13 heteroatoms. The number of hydrogen-bond acceptors (Lipinski definition) is 9. The first kappa shape index (κ1) is 26.7. The molecule has 11 nitrogen and oxygen atoms in total. The van der Waals surface area contributed by atoms with Crippen LogP contribution in [0.2, 0.25) is 5.15 Å². The second-order valence-electron chi connectivity index (χ2n) is 7.35. The molecule has 0 aromatic carbocycles. The third-order valence-corrected chi connectivity index (χ3v) is 6.68. The first-order valence-corrected chi connectivity index (χ1v) is 12.7. The average Bonchev–Trinajstić information content (AvgIpc) is 3.09. The SMILES string of the molecule is C=C(C)C(=O)NCCOCCOCCOCCn1nnc(CN2CCS(=O)(=O)CC2)c1Cl. The van der Waals surface area contributed by atoms with E-state index in [1.807, 2.05) is 4.90 Å². The quantitative estimate of drug-likeness (QED) is 0.263. The van der Waals surface area contributed by atoms with E-state index in [0.29, 0.717) is 88.8 Å². The molecule has 1 aromatic heterocycles. The summed E-state index contributed by atoms with van der Waals surface area (Å²) in [4.78, 5) is 13.3. The van der Waals surface area contributed by atoms with Crippen LogP contribution in [0.3, 0.4) is 0 Å². The van der Waals surface area contributed by atoms with Crippen molar-refractivity contribution in [2.45, 2.75) is 20.0 Å². The molecule has 0 bridgehead atoms. The Morgan fingerprint density at radius 3 is 2.31 bits per heavy atom. The Hall–Kier alpha value is -1.57. The van der Waals surface area contributed by atoms with E-state index >= 15 is 0 Å². The Kier molecular flexibility index (Phi) is 11.6. The maximum absolute atomic E-state index is 11.5. The molecule has 0 aliphatic carbocycles. The number of ether oxygens (including phenoxy) is 3. The minimum absolute atomic E-state index is 0.161. The van der Waals surface area contributed by atoms with Crippen LogP contribution in [0.1, 0.15) is 12.6 Å². The second kappa shape index (κ2) is 13.9. The number of amides is 1. The number of carbonyl (C=O) groups is 1. The highest BCUT2D eigenvalue weighted by atomic mass is 35.5. The highest BCUT2D eigenvalue weighted by Gasteiger charge is 2.23. The molecular weight excluding hydrogens is 462 g/mol. The molecule has 1 aliphatic heterocycles. The van der Waals surface area contributed by atoms with Crippen LogP contribution in [0.15, 0.2) is 12.2 Å². The van der Waals surface area contributed by atoms with Crippen molar-refractivity contribution < 1.29 is 27.4 Å². The van der Waals surface area contributed by atoms with Gasteiger partial charge in [0.2, 0.25) is 5.91 Å². The molecule has 182 valence electrons. The Labute approximate surface area is 193 Å². The normalized spacial score (nSPS) is 16.2. The molecule has 0 spiro atoms. The maximum Gasteiger partial charge on any atom is 0.246 e. The number of sulfone groups is 1. The van der Waals surface area contributed by atoms with Gasteiger partial charge in [-0.25, -0.2) is 13.1 Å². The Balaban J connectivity index is 1.48. The topological polar surface area (TPSA) is 125 Å². The summed E-state index contributed by atoms with van der Waals surface area (Å²) >= 11 is 6.34. The van der Waals surface area contributed by atoms with Crippen LogP contribution in [0.5, 0.6) is 0 Å². The van der Waals surface area contributed by atoms with Crippen LogP contribution >= 0.6 is 11.6 Å². The first-order valence-electron chi connectivity index (χ1n) is 10.5. The first-order chi connectivity index (χ1) is 15.3. The highest BCUT2D eigenvalue weighted by molar-refractivity contribution is 7.91. The van der Waals surface area contributed by atoms with Gasteiger partial charge in [-0.15, -0.1) is 5.10 Å². The Bertz CT molecular complexity index is 833. The average molecular weight is 494 g/mol. The lowest BCUT2D eigenvalue weighted by atomic mass is 10.3. The van der Waals surface area contributed by atoms with Gasteiger partial charge in [-0.3, -0.25) is 9.69 Å². The predicted octanol–water partition coefficient (Wildman–Crippen LogP) is -0.0960. The van der Waals surface area contributed by atoms with E-state index in [4.69, 9.17) is 25.8 Å². The van der Waals surface area contributed by atoms with Crippen molar-refractivity contribution >= 4 is 27.3 Å². The molecule has 1 fully saturated rings. The van der Waals surface area contributed by atoms with Gasteiger partial charge < -0.3 is 19.5 Å². The fourth-order valence-electron chi connectivity index (χ4n) is 2.78. The molecule has 1 N–H and O–H groups in total. The van der Waals surface area contributed by atoms with Crippen molar-refractivity contribution in [1.82, 2.24) is 25.2 Å². The molecule has 2 heterocycles. The number of nitrogens with zero attached hydrogens (tertiary/aromatic N) is 4. The van der Waals surface area contributed by atoms with E-state index < -0.39 is 9.84 Å². The van der Waals surface area contributed by atoms with E-state index in [2.05, 4.69) is 22.2 Å². The van der Waals surface area contributed by atoms with Crippen molar-refractivity contribution in [2.75, 3.05) is 70.8 Å². The lowest BCUT2D eigenvalue weighted by Gasteiger charge is -2.25. The van der Waals surface area contributed by atoms with Crippen molar-refractivity contribution in [3.63, 3.8) is 0 Å². The molecule has 0 saturated carbocycles. The number of aromatic nitrogens is 3. The van der Waals surface area contributed by atoms with Gasteiger partial charge in [-0.05, 0) is 6.92 Å². The van der Waals surface area contributed by atoms with Crippen LogP contribution in [0.4, 0.5) is 0 Å². The molecular formula is C19H32ClN5O6S. The number of rotatable bonds is 15. The molecule has 0 unspecified atom stereocenters. The van der Waals surface area contributed by atoms with Crippen molar-refractivity contribution in [2.24, 2.45) is 0 Å². The molecule has 32 heavy (non-hydrogen) atoms. The van der Waals surface area contributed by atoms with Gasteiger partial charge in [-0.2, -0.15) is 0 Å². The van der Waals surface area contributed by atoms with E-state index in [-0.39, 0.29) is 17.4 Å². The van der Waals surface area contributed by atoms with Gasteiger partial charge in [0.05, 0.1) is 57.7 Å². The highest BCUT2D eigenvalue weighted by Crippen LogP contribution is 2.16. The zero-order chi connectivity index (χ0) is 23.4. The molecule has 1 saturated heterocycles. The van der Waals surface area contributed by atoms with Gasteiger partial charge in [-0.1, -0.05) is 23.4 Å². The Morgan fingerprint density at radius 2 is 1.69 bits per heavy atom. The number of nitrogens with one attached hydrogen (secondary N) is 1. The molecule has 0 atom stereocenters. The zero-order valence-electron chi connectivity index (χ0n) is 18.4. The Morgan fingerprint density at radius 1 is 1.09 bits per heavy atom. The van der Waals surface area contributed by atoms with E-state index in [0.717, 1.165) is 0 Å². The maximum atomic E-state index is 11.5. The van der Waals surface area contributed by atoms with E-state index in [1.165, 1.54) is 0 Å². The summed E-state index contributed by atoms with van der Waals surface area (Å²) in [5, 5.41) is 11.3. The summed E-state index contributed by atoms with van der Waals surface area (Å²) in [6.07, 6.45) is 0. The van der Waals surface area contributed by atoms with Crippen LogP contribution in [-0.4, -0.2) is 105 Å². The molecule has 1 aromatic rings. The number of carbonyl (C=O) groups excluding carboxylic acids is 1. The van der Waals surface area contributed by atoms with Gasteiger partial charge in [0, 0.05) is 31.8 Å². The smallest absolute Gasteiger partial charge is 0.246 e. The zero-order valence-corrected chi connectivity index (χ0v) is 20.0. The minimum atomic E-state index is -2.91. The van der Waals surface area contributed by atoms with Crippen LogP contribution in [-0.2, 0) is 41.9 Å². The second-order valence-corrected chi connectivity index (χ2v) is 10.0. The summed E-state index contributed by atoms with van der Waals surface area (Å²) in [6, 6.07) is 0. The molecule has 1 amide bonds. The van der Waals surface area contributed by atoms with Gasteiger partial charge in [0.25, 0.3) is 0 Å². The number of halogens is 1. The predicted molar refractivity (Wildman–Crippen MR) is 119 cm³/mol.